The molecule has 24 heavy (non-hydrogen) atoms. The summed E-state index contributed by atoms with van der Waals surface area (Å²) in [6.07, 6.45) is 9.28. The number of furan rings is 1. The van der Waals surface area contributed by atoms with E-state index in [-0.39, 0.29) is 11.7 Å². The molecule has 4 rings (SSSR count). The summed E-state index contributed by atoms with van der Waals surface area (Å²) in [5.74, 6) is 0.211. The van der Waals surface area contributed by atoms with Crippen LogP contribution in [-0.4, -0.2) is 29.8 Å². The maximum atomic E-state index is 12.3. The van der Waals surface area contributed by atoms with E-state index in [2.05, 4.69) is 11.0 Å². The average Bonchev–Trinajstić information content (AvgIpc) is 3.03. The lowest BCUT2D eigenvalue weighted by molar-refractivity contribution is 0.0939. The van der Waals surface area contributed by atoms with Crippen LogP contribution < -0.4 is 0 Å². The Morgan fingerprint density at radius 2 is 2.17 bits per heavy atom. The molecule has 0 amide bonds. The van der Waals surface area contributed by atoms with Gasteiger partial charge in [-0.25, -0.2) is 0 Å². The highest BCUT2D eigenvalue weighted by atomic mass is 16.3. The second-order valence-corrected chi connectivity index (χ2v) is 7.46. The number of nitrogens with zero attached hydrogens (tertiary/aromatic N) is 1. The van der Waals surface area contributed by atoms with Gasteiger partial charge in [-0.2, -0.15) is 0 Å². The van der Waals surface area contributed by atoms with Crippen molar-refractivity contribution >= 4 is 22.3 Å². The van der Waals surface area contributed by atoms with Gasteiger partial charge in [0, 0.05) is 35.0 Å². The van der Waals surface area contributed by atoms with Crippen LogP contribution in [0.2, 0.25) is 0 Å². The van der Waals surface area contributed by atoms with Crippen LogP contribution >= 0.6 is 0 Å². The lowest BCUT2D eigenvalue weighted by Gasteiger charge is -2.38. The minimum absolute atomic E-state index is 0.0162. The van der Waals surface area contributed by atoms with E-state index in [0.29, 0.717) is 6.04 Å². The van der Waals surface area contributed by atoms with Gasteiger partial charge in [-0.3, -0.25) is 9.69 Å². The van der Waals surface area contributed by atoms with Gasteiger partial charge in [0.1, 0.15) is 5.58 Å². The third-order valence-electron chi connectivity index (χ3n) is 5.51. The van der Waals surface area contributed by atoms with Gasteiger partial charge in [-0.15, -0.1) is 0 Å². The van der Waals surface area contributed by atoms with Crippen molar-refractivity contribution in [3.05, 3.63) is 41.7 Å². The lowest BCUT2D eigenvalue weighted by atomic mass is 9.88. The van der Waals surface area contributed by atoms with Crippen LogP contribution in [0.3, 0.4) is 0 Å². The van der Waals surface area contributed by atoms with Gasteiger partial charge in [0.25, 0.3) is 0 Å². The molecule has 2 aliphatic rings. The minimum Gasteiger partial charge on any atom is -0.464 e. The van der Waals surface area contributed by atoms with E-state index in [9.17, 15) is 4.79 Å². The first-order valence-corrected chi connectivity index (χ1v) is 9.12. The van der Waals surface area contributed by atoms with E-state index < -0.39 is 0 Å². The maximum Gasteiger partial charge on any atom is 0.165 e. The maximum absolute atomic E-state index is 12.3. The second kappa shape index (κ2) is 6.21. The Bertz CT molecular complexity index is 799. The van der Waals surface area contributed by atoms with Gasteiger partial charge in [0.05, 0.1) is 6.26 Å². The summed E-state index contributed by atoms with van der Waals surface area (Å²) in [5.41, 5.74) is 4.22. The Labute approximate surface area is 143 Å². The summed E-state index contributed by atoms with van der Waals surface area (Å²) in [4.78, 5) is 14.9. The molecule has 3 heteroatoms. The highest BCUT2D eigenvalue weighted by Gasteiger charge is 2.27. The fourth-order valence-electron chi connectivity index (χ4n) is 4.08. The summed E-state index contributed by atoms with van der Waals surface area (Å²) in [7, 11) is 0. The molecule has 3 nitrogen and oxygen atoms in total. The molecule has 3 heterocycles. The molecule has 0 radical (unpaired) electrons. The molecule has 1 unspecified atom stereocenters. The van der Waals surface area contributed by atoms with Crippen molar-refractivity contribution in [2.45, 2.75) is 45.6 Å². The zero-order chi connectivity index (χ0) is 16.7. The van der Waals surface area contributed by atoms with Crippen molar-refractivity contribution in [3.63, 3.8) is 0 Å². The van der Waals surface area contributed by atoms with E-state index in [4.69, 9.17) is 4.42 Å². The number of ketones is 1. The van der Waals surface area contributed by atoms with Gasteiger partial charge >= 0.3 is 0 Å². The monoisotopic (exact) mass is 323 g/mol. The van der Waals surface area contributed by atoms with E-state index in [1.54, 1.807) is 0 Å². The minimum atomic E-state index is 0.0162. The summed E-state index contributed by atoms with van der Waals surface area (Å²) in [6.45, 7) is 6.17. The molecule has 0 aliphatic carbocycles. The van der Waals surface area contributed by atoms with Gasteiger partial charge in [0.2, 0.25) is 0 Å². The fraction of sp³-hybridized carbons (Fsp3) is 0.476. The quantitative estimate of drug-likeness (QED) is 0.752. The summed E-state index contributed by atoms with van der Waals surface area (Å²) in [6, 6.07) is 6.51. The molecular formula is C21H25NO2. The molecule has 0 saturated carbocycles. The predicted molar refractivity (Wildman–Crippen MR) is 97.2 cm³/mol. The molecule has 1 aromatic carbocycles. The second-order valence-electron chi connectivity index (χ2n) is 7.46. The Morgan fingerprint density at radius 1 is 1.29 bits per heavy atom. The first kappa shape index (κ1) is 15.6. The number of rotatable bonds is 3. The molecule has 1 atom stereocenters. The smallest absolute Gasteiger partial charge is 0.165 e. The molecule has 1 fully saturated rings. The largest absolute Gasteiger partial charge is 0.464 e. The molecule has 2 aromatic rings. The van der Waals surface area contributed by atoms with Crippen LogP contribution in [0.15, 0.2) is 35.0 Å². The van der Waals surface area contributed by atoms with Crippen LogP contribution in [0.4, 0.5) is 0 Å². The molecule has 1 aromatic heterocycles. The topological polar surface area (TPSA) is 33.5 Å². The first-order chi connectivity index (χ1) is 11.6. The Morgan fingerprint density at radius 3 is 3.00 bits per heavy atom. The zero-order valence-corrected chi connectivity index (χ0v) is 14.5. The van der Waals surface area contributed by atoms with Crippen molar-refractivity contribution in [2.75, 3.05) is 13.1 Å². The third kappa shape index (κ3) is 2.71. The number of hydrogen-bond acceptors (Lipinski definition) is 3. The van der Waals surface area contributed by atoms with E-state index in [1.807, 2.05) is 38.3 Å². The number of hydrogen-bond donors (Lipinski definition) is 0. The first-order valence-electron chi connectivity index (χ1n) is 9.12. The van der Waals surface area contributed by atoms with Gasteiger partial charge in [-0.05, 0) is 49.6 Å². The third-order valence-corrected chi connectivity index (χ3v) is 5.51. The molecule has 0 spiro atoms. The highest BCUT2D eigenvalue weighted by molar-refractivity contribution is 6.02. The van der Waals surface area contributed by atoms with Gasteiger partial charge in [-0.1, -0.05) is 26.3 Å². The van der Waals surface area contributed by atoms with Crippen molar-refractivity contribution in [1.29, 1.82) is 0 Å². The van der Waals surface area contributed by atoms with Gasteiger partial charge < -0.3 is 4.42 Å². The summed E-state index contributed by atoms with van der Waals surface area (Å²) >= 11 is 0. The normalized spacial score (nSPS) is 21.8. The van der Waals surface area contributed by atoms with E-state index in [1.165, 1.54) is 36.9 Å². The molecule has 0 N–H and O–H groups in total. The average molecular weight is 323 g/mol. The number of benzene rings is 1. The number of carbonyl (C=O) groups excluding carboxylic acids is 1. The number of carbonyl (C=O) groups is 1. The summed E-state index contributed by atoms with van der Waals surface area (Å²) < 4.78 is 5.77. The zero-order valence-electron chi connectivity index (χ0n) is 14.5. The SMILES string of the molecule is CC(C)C(=O)c1ccc2occ(C3=CCN4CCCCC4C3)c2c1. The van der Waals surface area contributed by atoms with Gasteiger partial charge in [0.15, 0.2) is 5.78 Å². The van der Waals surface area contributed by atoms with Crippen LogP contribution in [0.1, 0.15) is 55.5 Å². The number of piperidine rings is 1. The summed E-state index contributed by atoms with van der Waals surface area (Å²) in [5, 5.41) is 1.08. The van der Waals surface area contributed by atoms with Crippen molar-refractivity contribution in [1.82, 2.24) is 4.90 Å². The Balaban J connectivity index is 1.70. The number of fused-ring (bicyclic) bond motifs is 2. The number of Topliss-reactive ketones (excluding diaryl/α,β-unsaturated/α-hetero) is 1. The molecule has 2 aliphatic heterocycles. The van der Waals surface area contributed by atoms with Crippen LogP contribution in [0.5, 0.6) is 0 Å². The Kier molecular flexibility index (Phi) is 4.05. The standard InChI is InChI=1S/C21H25NO2/c1-14(2)21(23)16-6-7-20-18(12-16)19(13-24-20)15-8-10-22-9-4-3-5-17(22)11-15/h6-8,12-14,17H,3-5,9-11H2,1-2H3. The highest BCUT2D eigenvalue weighted by Crippen LogP contribution is 2.36. The lowest BCUT2D eigenvalue weighted by Crippen LogP contribution is -2.41. The van der Waals surface area contributed by atoms with Crippen LogP contribution in [0, 0.1) is 5.92 Å². The predicted octanol–water partition coefficient (Wildman–Crippen LogP) is 4.91. The van der Waals surface area contributed by atoms with E-state index >= 15 is 0 Å². The van der Waals surface area contributed by atoms with Crippen molar-refractivity contribution in [3.8, 4) is 0 Å². The molecular weight excluding hydrogens is 298 g/mol. The van der Waals surface area contributed by atoms with Crippen molar-refractivity contribution < 1.29 is 9.21 Å². The fourth-order valence-corrected chi connectivity index (χ4v) is 4.08. The van der Waals surface area contributed by atoms with Crippen LogP contribution in [0.25, 0.3) is 16.5 Å². The van der Waals surface area contributed by atoms with Crippen molar-refractivity contribution in [2.24, 2.45) is 5.92 Å². The van der Waals surface area contributed by atoms with Crippen LogP contribution in [-0.2, 0) is 0 Å². The molecule has 126 valence electrons. The molecule has 0 bridgehead atoms. The van der Waals surface area contributed by atoms with E-state index in [0.717, 1.165) is 29.5 Å². The Hall–Kier alpha value is -1.87. The molecule has 1 saturated heterocycles.